The van der Waals surface area contributed by atoms with Gasteiger partial charge in [0.05, 0.1) is 18.2 Å². The van der Waals surface area contributed by atoms with Crippen molar-refractivity contribution in [3.8, 4) is 0 Å². The molecule has 0 spiro atoms. The van der Waals surface area contributed by atoms with Crippen LogP contribution < -0.4 is 5.73 Å². The van der Waals surface area contributed by atoms with Gasteiger partial charge in [-0.25, -0.2) is 4.39 Å². The Hall–Kier alpha value is -1.14. The van der Waals surface area contributed by atoms with Gasteiger partial charge in [-0.15, -0.1) is 0 Å². The lowest BCUT2D eigenvalue weighted by Crippen LogP contribution is -2.19. The first-order valence-corrected chi connectivity index (χ1v) is 5.56. The van der Waals surface area contributed by atoms with Gasteiger partial charge in [0.1, 0.15) is 5.82 Å². The molecule has 0 bridgehead atoms. The summed E-state index contributed by atoms with van der Waals surface area (Å²) in [5.74, 6) is -1.30. The van der Waals surface area contributed by atoms with Crippen LogP contribution >= 0.6 is 0 Å². The van der Waals surface area contributed by atoms with Gasteiger partial charge in [-0.1, -0.05) is 13.0 Å². The third-order valence-corrected chi connectivity index (χ3v) is 2.37. The van der Waals surface area contributed by atoms with Crippen molar-refractivity contribution >= 4 is 0 Å². The van der Waals surface area contributed by atoms with Gasteiger partial charge in [-0.3, -0.25) is 0 Å². The van der Waals surface area contributed by atoms with Crippen LogP contribution in [-0.4, -0.2) is 13.2 Å². The van der Waals surface area contributed by atoms with Gasteiger partial charge in [0.25, 0.3) is 0 Å². The average molecular weight is 265 g/mol. The third-order valence-electron chi connectivity index (χ3n) is 2.37. The molecule has 0 aliphatic carbocycles. The van der Waals surface area contributed by atoms with Gasteiger partial charge < -0.3 is 10.5 Å². The molecule has 6 heteroatoms. The van der Waals surface area contributed by atoms with Crippen molar-refractivity contribution in [1.29, 1.82) is 0 Å². The highest BCUT2D eigenvalue weighted by Crippen LogP contribution is 2.32. The summed E-state index contributed by atoms with van der Waals surface area (Å²) in [5.41, 5.74) is 4.59. The quantitative estimate of drug-likeness (QED) is 0.655. The maximum atomic E-state index is 13.0. The first-order valence-electron chi connectivity index (χ1n) is 5.56. The van der Waals surface area contributed by atoms with Gasteiger partial charge in [-0.2, -0.15) is 13.2 Å². The number of benzene rings is 1. The molecule has 18 heavy (non-hydrogen) atoms. The van der Waals surface area contributed by atoms with Gasteiger partial charge in [0, 0.05) is 6.61 Å². The molecule has 102 valence electrons. The van der Waals surface area contributed by atoms with E-state index in [1.54, 1.807) is 0 Å². The van der Waals surface area contributed by atoms with Crippen LogP contribution in [0.4, 0.5) is 17.6 Å². The summed E-state index contributed by atoms with van der Waals surface area (Å²) in [5, 5.41) is 0. The molecule has 1 aromatic rings. The summed E-state index contributed by atoms with van der Waals surface area (Å²) in [4.78, 5) is 0. The monoisotopic (exact) mass is 265 g/mol. The smallest absolute Gasteiger partial charge is 0.379 e. The van der Waals surface area contributed by atoms with Gasteiger partial charge in [0.2, 0.25) is 0 Å². The van der Waals surface area contributed by atoms with Crippen molar-refractivity contribution in [1.82, 2.24) is 0 Å². The minimum atomic E-state index is -4.72. The Kier molecular flexibility index (Phi) is 5.10. The van der Waals surface area contributed by atoms with E-state index in [4.69, 9.17) is 10.5 Å². The second kappa shape index (κ2) is 6.15. The summed E-state index contributed by atoms with van der Waals surface area (Å²) < 4.78 is 55.7. The molecule has 2 N–H and O–H groups in total. The summed E-state index contributed by atoms with van der Waals surface area (Å²) in [6.07, 6.45) is -3.92. The van der Waals surface area contributed by atoms with E-state index in [1.165, 1.54) is 6.07 Å². The molecule has 0 aromatic heterocycles. The topological polar surface area (TPSA) is 35.2 Å². The maximum absolute atomic E-state index is 13.0. The molecule has 0 heterocycles. The first kappa shape index (κ1) is 14.9. The summed E-state index contributed by atoms with van der Waals surface area (Å²) in [6.45, 7) is 2.50. The van der Waals surface area contributed by atoms with Crippen LogP contribution in [0.5, 0.6) is 0 Å². The van der Waals surface area contributed by atoms with Crippen LogP contribution in [0, 0.1) is 5.82 Å². The summed E-state index contributed by atoms with van der Waals surface area (Å²) >= 11 is 0. The number of hydrogen-bond acceptors (Lipinski definition) is 2. The molecule has 1 unspecified atom stereocenters. The van der Waals surface area contributed by atoms with Gasteiger partial charge >= 0.3 is 6.18 Å². The van der Waals surface area contributed by atoms with Crippen LogP contribution in [0.3, 0.4) is 0 Å². The number of halogens is 4. The minimum Gasteiger partial charge on any atom is -0.379 e. The van der Waals surface area contributed by atoms with Crippen molar-refractivity contribution in [2.24, 2.45) is 5.73 Å². The van der Waals surface area contributed by atoms with E-state index < -0.39 is 23.6 Å². The molecular weight excluding hydrogens is 250 g/mol. The molecule has 0 radical (unpaired) electrons. The lowest BCUT2D eigenvalue weighted by Gasteiger charge is -2.15. The fourth-order valence-corrected chi connectivity index (χ4v) is 1.44. The van der Waals surface area contributed by atoms with Crippen molar-refractivity contribution in [3.05, 3.63) is 35.1 Å². The van der Waals surface area contributed by atoms with Gasteiger partial charge in [-0.05, 0) is 24.1 Å². The van der Waals surface area contributed by atoms with Crippen LogP contribution in [0.2, 0.25) is 0 Å². The van der Waals surface area contributed by atoms with Crippen LogP contribution in [0.25, 0.3) is 0 Å². The zero-order valence-electron chi connectivity index (χ0n) is 9.93. The zero-order chi connectivity index (χ0) is 13.8. The Balaban J connectivity index is 2.84. The Morgan fingerprint density at radius 1 is 1.33 bits per heavy atom. The Morgan fingerprint density at radius 2 is 2.00 bits per heavy atom. The highest BCUT2D eigenvalue weighted by atomic mass is 19.4. The van der Waals surface area contributed by atoms with E-state index in [0.29, 0.717) is 6.61 Å². The van der Waals surface area contributed by atoms with E-state index >= 15 is 0 Å². The fourth-order valence-electron chi connectivity index (χ4n) is 1.44. The molecule has 1 rings (SSSR count). The second-order valence-electron chi connectivity index (χ2n) is 3.92. The molecule has 1 atom stereocenters. The molecule has 0 fully saturated rings. The number of hydrogen-bond donors (Lipinski definition) is 1. The van der Waals surface area contributed by atoms with Gasteiger partial charge in [0.15, 0.2) is 0 Å². The van der Waals surface area contributed by atoms with E-state index in [2.05, 4.69) is 0 Å². The third kappa shape index (κ3) is 3.96. The minimum absolute atomic E-state index is 0.108. The molecule has 0 saturated carbocycles. The predicted octanol–water partition coefficient (Wildman–Crippen LogP) is 3.27. The number of alkyl halides is 3. The summed E-state index contributed by atoms with van der Waals surface area (Å²) in [6, 6.07) is 2.05. The number of nitrogens with two attached hydrogens (primary N) is 1. The molecular formula is C12H15F4NO. The second-order valence-corrected chi connectivity index (χ2v) is 3.92. The lowest BCUT2D eigenvalue weighted by atomic mass is 10.0. The summed E-state index contributed by atoms with van der Waals surface area (Å²) in [7, 11) is 0. The maximum Gasteiger partial charge on any atom is 0.419 e. The van der Waals surface area contributed by atoms with Crippen LogP contribution in [0.15, 0.2) is 18.2 Å². The Morgan fingerprint density at radius 3 is 2.56 bits per heavy atom. The van der Waals surface area contributed by atoms with E-state index in [1.807, 2.05) is 6.92 Å². The van der Waals surface area contributed by atoms with Crippen molar-refractivity contribution < 1.29 is 22.3 Å². The Labute approximate surface area is 103 Å². The molecule has 0 aliphatic heterocycles. The van der Waals surface area contributed by atoms with Crippen LogP contribution in [0.1, 0.15) is 30.5 Å². The normalized spacial score (nSPS) is 13.7. The highest BCUT2D eigenvalue weighted by Gasteiger charge is 2.34. The largest absolute Gasteiger partial charge is 0.419 e. The number of rotatable bonds is 5. The van der Waals surface area contributed by atoms with E-state index in [-0.39, 0.29) is 12.2 Å². The first-order chi connectivity index (χ1) is 8.36. The van der Waals surface area contributed by atoms with Crippen molar-refractivity contribution in [3.63, 3.8) is 0 Å². The number of ether oxygens (including phenoxy) is 1. The highest BCUT2D eigenvalue weighted by molar-refractivity contribution is 5.29. The molecule has 0 amide bonds. The van der Waals surface area contributed by atoms with E-state index in [9.17, 15) is 17.6 Å². The molecule has 1 aromatic carbocycles. The SMILES string of the molecule is CCCOCC(N)c1ccc(F)c(C(F)(F)F)c1. The van der Waals surface area contributed by atoms with Crippen molar-refractivity contribution in [2.45, 2.75) is 25.6 Å². The molecule has 0 aliphatic rings. The standard InChI is InChI=1S/C12H15F4NO/c1-2-5-18-7-11(17)8-3-4-10(13)9(6-8)12(14,15)16/h3-4,6,11H,2,5,7,17H2,1H3. The van der Waals surface area contributed by atoms with Crippen LogP contribution in [-0.2, 0) is 10.9 Å². The average Bonchev–Trinajstić information content (AvgIpc) is 2.28. The van der Waals surface area contributed by atoms with E-state index in [0.717, 1.165) is 18.6 Å². The molecule has 2 nitrogen and oxygen atoms in total. The molecule has 0 saturated heterocycles. The fraction of sp³-hybridized carbons (Fsp3) is 0.500. The Bertz CT molecular complexity index is 392. The zero-order valence-corrected chi connectivity index (χ0v) is 9.93. The predicted molar refractivity (Wildman–Crippen MR) is 59.4 cm³/mol. The van der Waals surface area contributed by atoms with Crippen molar-refractivity contribution in [2.75, 3.05) is 13.2 Å². The lowest BCUT2D eigenvalue weighted by molar-refractivity contribution is -0.140.